The molecule has 0 spiro atoms. The predicted octanol–water partition coefficient (Wildman–Crippen LogP) is -7.85. The van der Waals surface area contributed by atoms with Crippen LogP contribution in [0.4, 0.5) is 0 Å². The van der Waals surface area contributed by atoms with Crippen LogP contribution in [0.3, 0.4) is 0 Å². The van der Waals surface area contributed by atoms with Crippen LogP contribution in [0, 0.1) is 0 Å². The summed E-state index contributed by atoms with van der Waals surface area (Å²) in [4.78, 5) is 64.7. The second-order valence-corrected chi connectivity index (χ2v) is 4.19. The first-order chi connectivity index (χ1) is 16.9. The Morgan fingerprint density at radius 1 is 0.359 bits per heavy atom. The summed E-state index contributed by atoms with van der Waals surface area (Å²) in [5, 5.41) is 53.2. The summed E-state index contributed by atoms with van der Waals surface area (Å²) >= 11 is 3.64. The van der Waals surface area contributed by atoms with Crippen LogP contribution in [0.25, 0.3) is 0 Å². The van der Waals surface area contributed by atoms with Gasteiger partial charge in [-0.25, -0.2) is 0 Å². The normalized spacial score (nSPS) is 6.79. The second-order valence-electron chi connectivity index (χ2n) is 4.19. The minimum Gasteiger partial charge on any atom is -0.480 e. The summed E-state index contributed by atoms with van der Waals surface area (Å²) in [6, 6.07) is 0. The third-order valence-electron chi connectivity index (χ3n) is 1.22. The van der Waals surface area contributed by atoms with E-state index < -0.39 is 41.8 Å². The molecule has 234 valence electrons. The van der Waals surface area contributed by atoms with Gasteiger partial charge in [-0.15, -0.1) is 0 Å². The Morgan fingerprint density at radius 3 is 0.385 bits per heavy atom. The molecule has 0 bridgehead atoms. The van der Waals surface area contributed by atoms with Crippen molar-refractivity contribution in [3.05, 3.63) is 0 Å². The number of nitrogens with two attached hydrogens (primary N) is 7. The third kappa shape index (κ3) is 297. The number of carboxylic acids is 7. The molecule has 0 radical (unpaired) electrons. The SMILES string of the molecule is NCC(=O)O.NCC(=O)O.NCC(=O)O.NCC(=O)O.NCC(=O)O.NCC(=O)O.NCC(=O)O.OCl.[AlH3].[Zr]. The molecule has 0 fully saturated rings. The zero-order chi connectivity index (χ0) is 32.0. The molecule has 0 aromatic carbocycles. The summed E-state index contributed by atoms with van der Waals surface area (Å²) in [6.07, 6.45) is 0. The standard InChI is InChI=1S/7C2H5NO2.Al.ClHO.Zr.3H/c7*3-1-2(4)5;;1-2;;;;/h7*1,3H2,(H,4,5);;2H;;;;. The van der Waals surface area contributed by atoms with Crippen molar-refractivity contribution in [1.29, 1.82) is 0 Å². The topological polar surface area (TPSA) is 463 Å². The van der Waals surface area contributed by atoms with E-state index in [0.717, 1.165) is 0 Å². The summed E-state index contributed by atoms with van der Waals surface area (Å²) < 4.78 is 6.47. The van der Waals surface area contributed by atoms with Gasteiger partial charge in [-0.3, -0.25) is 38.2 Å². The van der Waals surface area contributed by atoms with Crippen LogP contribution in [0.15, 0.2) is 0 Å². The quantitative estimate of drug-likeness (QED) is 0.110. The van der Waals surface area contributed by atoms with Gasteiger partial charge in [-0.05, 0) is 0 Å². The van der Waals surface area contributed by atoms with E-state index in [-0.39, 0.29) is 89.4 Å². The molecule has 39 heavy (non-hydrogen) atoms. The molecule has 0 saturated carbocycles. The van der Waals surface area contributed by atoms with Crippen molar-refractivity contribution >= 4 is 71.0 Å². The van der Waals surface area contributed by atoms with Gasteiger partial charge in [-0.2, -0.15) is 0 Å². The average Bonchev–Trinajstić information content (AvgIpc) is 2.86. The zero-order valence-corrected chi connectivity index (χ0v) is 23.0. The van der Waals surface area contributed by atoms with E-state index in [4.69, 9.17) is 40.4 Å². The minimum atomic E-state index is -0.968. The van der Waals surface area contributed by atoms with Gasteiger partial charge < -0.3 is 75.9 Å². The number of hydrogen-bond acceptors (Lipinski definition) is 15. The Morgan fingerprint density at radius 2 is 0.385 bits per heavy atom. The smallest absolute Gasteiger partial charge is 0.317 e. The second kappa shape index (κ2) is 65.1. The monoisotopic (exact) mass is 697 g/mol. The van der Waals surface area contributed by atoms with Crippen molar-refractivity contribution in [3.63, 3.8) is 0 Å². The van der Waals surface area contributed by atoms with E-state index in [1.165, 1.54) is 0 Å². The van der Waals surface area contributed by atoms with Gasteiger partial charge in [0.2, 0.25) is 0 Å². The molecule has 0 aromatic heterocycles. The first kappa shape index (κ1) is 65.6. The van der Waals surface area contributed by atoms with Gasteiger partial charge in [0.25, 0.3) is 0 Å². The van der Waals surface area contributed by atoms with Crippen LogP contribution in [0.2, 0.25) is 0 Å². The maximum Gasteiger partial charge on any atom is 0.317 e. The van der Waals surface area contributed by atoms with Gasteiger partial charge in [-0.1, -0.05) is 0 Å². The molecule has 0 aromatic rings. The van der Waals surface area contributed by atoms with Gasteiger partial charge in [0.05, 0.1) is 57.7 Å². The van der Waals surface area contributed by atoms with Crippen LogP contribution in [-0.2, 0) is 59.8 Å². The number of aliphatic carboxylic acids is 7. The maximum absolute atomic E-state index is 9.24. The summed E-state index contributed by atoms with van der Waals surface area (Å²) in [5.41, 5.74) is 32.0. The van der Waals surface area contributed by atoms with E-state index in [1.54, 1.807) is 0 Å². The summed E-state index contributed by atoms with van der Waals surface area (Å²) in [7, 11) is 0. The van der Waals surface area contributed by atoms with Crippen LogP contribution in [0.5, 0.6) is 0 Å². The van der Waals surface area contributed by atoms with Crippen molar-refractivity contribution in [2.45, 2.75) is 0 Å². The molecule has 0 aliphatic heterocycles. The van der Waals surface area contributed by atoms with Crippen LogP contribution in [-0.4, -0.2) is 145 Å². The minimum absolute atomic E-state index is 0. The first-order valence-electron chi connectivity index (χ1n) is 8.50. The molecular formula is C14H39AlClN7O15Zr. The van der Waals surface area contributed by atoms with Gasteiger partial charge in [0.1, 0.15) is 0 Å². The largest absolute Gasteiger partial charge is 0.480 e. The van der Waals surface area contributed by atoms with E-state index in [2.05, 4.69) is 52.0 Å². The van der Waals surface area contributed by atoms with Crippen molar-refractivity contribution in [2.24, 2.45) is 40.1 Å². The molecular weight excluding hydrogens is 660 g/mol. The number of carbonyl (C=O) groups is 7. The Balaban J connectivity index is -0.0000000308. The fourth-order valence-electron chi connectivity index (χ4n) is 0. The first-order valence-corrected chi connectivity index (χ1v) is 8.83. The average molecular weight is 699 g/mol. The van der Waals surface area contributed by atoms with E-state index in [0.29, 0.717) is 0 Å². The van der Waals surface area contributed by atoms with E-state index >= 15 is 0 Å². The Kier molecular flexibility index (Phi) is 109. The number of halogens is 1. The fraction of sp³-hybridized carbons (Fsp3) is 0.500. The van der Waals surface area contributed by atoms with Crippen molar-refractivity contribution in [3.8, 4) is 0 Å². The Bertz CT molecular complexity index is 459. The van der Waals surface area contributed by atoms with Crippen LogP contribution >= 0.6 is 11.9 Å². The predicted molar refractivity (Wildman–Crippen MR) is 135 cm³/mol. The molecule has 25 heteroatoms. The molecule has 0 saturated heterocycles. The third-order valence-corrected chi connectivity index (χ3v) is 1.22. The van der Waals surface area contributed by atoms with E-state index in [1.807, 2.05) is 0 Å². The molecule has 0 atom stereocenters. The van der Waals surface area contributed by atoms with Gasteiger partial charge in [0, 0.05) is 26.2 Å². The molecule has 0 aliphatic carbocycles. The fourth-order valence-corrected chi connectivity index (χ4v) is 0. The number of hydrogen-bond donors (Lipinski definition) is 15. The molecule has 0 amide bonds. The number of carboxylic acid groups (broad SMARTS) is 7. The maximum atomic E-state index is 9.24. The van der Waals surface area contributed by atoms with E-state index in [9.17, 15) is 33.6 Å². The molecule has 22 N–H and O–H groups in total. The molecule has 0 aliphatic rings. The van der Waals surface area contributed by atoms with Crippen molar-refractivity contribution in [2.75, 3.05) is 45.8 Å². The molecule has 22 nitrogen and oxygen atoms in total. The summed E-state index contributed by atoms with van der Waals surface area (Å²) in [5.74, 6) is -6.77. The van der Waals surface area contributed by atoms with Gasteiger partial charge in [0.15, 0.2) is 17.4 Å². The molecule has 0 unspecified atom stereocenters. The zero-order valence-electron chi connectivity index (χ0n) is 19.8. The Labute approximate surface area is 256 Å². The van der Waals surface area contributed by atoms with Crippen LogP contribution in [0.1, 0.15) is 0 Å². The molecule has 0 rings (SSSR count). The Hall–Kier alpha value is -2.32. The molecule has 0 heterocycles. The summed E-state index contributed by atoms with van der Waals surface area (Å²) in [6.45, 7) is -1.94. The van der Waals surface area contributed by atoms with Gasteiger partial charge >= 0.3 is 41.8 Å². The number of rotatable bonds is 7. The van der Waals surface area contributed by atoms with Crippen molar-refractivity contribution in [1.82, 2.24) is 0 Å². The van der Waals surface area contributed by atoms with Crippen LogP contribution < -0.4 is 40.1 Å². The van der Waals surface area contributed by atoms with Crippen molar-refractivity contribution < 1.29 is 100 Å².